The first kappa shape index (κ1) is 38.0. The molecule has 0 fully saturated rings. The Bertz CT molecular complexity index is 2010. The van der Waals surface area contributed by atoms with Crippen molar-refractivity contribution in [1.29, 1.82) is 5.26 Å². The topological polar surface area (TPSA) is 82.8 Å². The monoisotopic (exact) mass is 760 g/mol. The number of aliphatic carboxylic acids is 1. The number of nitrogens with zero attached hydrogens (tertiary/aromatic N) is 2. The van der Waals surface area contributed by atoms with Crippen molar-refractivity contribution in [3.63, 3.8) is 0 Å². The summed E-state index contributed by atoms with van der Waals surface area (Å²) in [5, 5.41) is 20.7. The van der Waals surface area contributed by atoms with Crippen molar-refractivity contribution in [3.8, 4) is 37.8 Å². The number of carboxylic acids is 1. The third-order valence-electron chi connectivity index (χ3n) is 8.90. The van der Waals surface area contributed by atoms with E-state index in [-0.39, 0.29) is 5.57 Å². The molecular formula is C44H44N2O4S3. The minimum Gasteiger partial charge on any atom is -0.494 e. The number of thiophene rings is 2. The van der Waals surface area contributed by atoms with E-state index in [0.29, 0.717) is 0 Å². The SMILES string of the molecule is CCCCCCOc1ccc(N(c2ccc(OCCCCCC)cc2)c2ccc(-c3cc4c(s3)-c3sc(/C=C(/C#N)C(=O)O)cc3C=CS4)cc2)cc1. The van der Waals surface area contributed by atoms with E-state index in [1.165, 1.54) is 55.9 Å². The van der Waals surface area contributed by atoms with Gasteiger partial charge >= 0.3 is 5.97 Å². The van der Waals surface area contributed by atoms with Gasteiger partial charge in [0.15, 0.2) is 0 Å². The molecule has 0 radical (unpaired) electrons. The minimum absolute atomic E-state index is 0.273. The van der Waals surface area contributed by atoms with Crippen LogP contribution < -0.4 is 14.4 Å². The molecule has 9 heteroatoms. The number of nitriles is 1. The van der Waals surface area contributed by atoms with Crippen molar-refractivity contribution >= 4 is 69.6 Å². The van der Waals surface area contributed by atoms with Gasteiger partial charge in [0.25, 0.3) is 0 Å². The molecule has 272 valence electrons. The molecule has 1 N–H and O–H groups in total. The van der Waals surface area contributed by atoms with Gasteiger partial charge in [-0.1, -0.05) is 76.3 Å². The van der Waals surface area contributed by atoms with Gasteiger partial charge in [0.2, 0.25) is 0 Å². The van der Waals surface area contributed by atoms with Crippen LogP contribution in [0.5, 0.6) is 11.5 Å². The number of rotatable bonds is 18. The molecule has 0 saturated heterocycles. The maximum Gasteiger partial charge on any atom is 0.346 e. The molecule has 0 amide bonds. The van der Waals surface area contributed by atoms with Crippen molar-refractivity contribution in [2.75, 3.05) is 18.1 Å². The summed E-state index contributed by atoms with van der Waals surface area (Å²) in [5.74, 6) is 0.533. The van der Waals surface area contributed by atoms with E-state index in [2.05, 4.69) is 109 Å². The Morgan fingerprint density at radius 3 is 1.85 bits per heavy atom. The van der Waals surface area contributed by atoms with Gasteiger partial charge < -0.3 is 19.5 Å². The van der Waals surface area contributed by atoms with Gasteiger partial charge in [-0.05, 0) is 114 Å². The second-order valence-corrected chi connectivity index (χ2v) is 15.9. The van der Waals surface area contributed by atoms with Gasteiger partial charge in [0.05, 0.1) is 23.0 Å². The normalized spacial score (nSPS) is 12.1. The van der Waals surface area contributed by atoms with E-state index in [1.807, 2.05) is 6.07 Å². The Hall–Kier alpha value is -4.75. The highest BCUT2D eigenvalue weighted by Gasteiger charge is 2.21. The number of fused-ring (bicyclic) bond motifs is 3. The van der Waals surface area contributed by atoms with Gasteiger partial charge in [0, 0.05) is 31.7 Å². The second-order valence-electron chi connectivity index (χ2n) is 12.8. The summed E-state index contributed by atoms with van der Waals surface area (Å²) < 4.78 is 12.1. The van der Waals surface area contributed by atoms with Crippen LogP contribution in [0.2, 0.25) is 0 Å². The number of unbranched alkanes of at least 4 members (excludes halogenated alkanes) is 6. The van der Waals surface area contributed by atoms with Crippen molar-refractivity contribution in [1.82, 2.24) is 0 Å². The predicted molar refractivity (Wildman–Crippen MR) is 223 cm³/mol. The van der Waals surface area contributed by atoms with Crippen LogP contribution in [0.4, 0.5) is 17.1 Å². The summed E-state index contributed by atoms with van der Waals surface area (Å²) in [6.07, 6.45) is 12.9. The molecule has 0 saturated carbocycles. The van der Waals surface area contributed by atoms with Crippen molar-refractivity contribution in [3.05, 3.63) is 106 Å². The van der Waals surface area contributed by atoms with Crippen molar-refractivity contribution < 1.29 is 19.4 Å². The van der Waals surface area contributed by atoms with Crippen LogP contribution in [0.15, 0.2) is 101 Å². The Labute approximate surface area is 325 Å². The quantitative estimate of drug-likeness (QED) is 0.0541. The smallest absolute Gasteiger partial charge is 0.346 e. The van der Waals surface area contributed by atoms with E-state index in [9.17, 15) is 15.2 Å². The fourth-order valence-electron chi connectivity index (χ4n) is 6.07. The lowest BCUT2D eigenvalue weighted by Gasteiger charge is -2.26. The maximum absolute atomic E-state index is 11.5. The van der Waals surface area contributed by atoms with Crippen molar-refractivity contribution in [2.45, 2.75) is 70.1 Å². The number of anilines is 3. The number of hydrogen-bond acceptors (Lipinski definition) is 8. The van der Waals surface area contributed by atoms with E-state index >= 15 is 0 Å². The minimum atomic E-state index is -1.22. The van der Waals surface area contributed by atoms with Crippen molar-refractivity contribution in [2.24, 2.45) is 0 Å². The molecule has 0 atom stereocenters. The number of thioether (sulfide) groups is 1. The van der Waals surface area contributed by atoms with Gasteiger partial charge in [-0.2, -0.15) is 5.26 Å². The molecular weight excluding hydrogens is 717 g/mol. The lowest BCUT2D eigenvalue weighted by atomic mass is 10.1. The summed E-state index contributed by atoms with van der Waals surface area (Å²) in [6, 6.07) is 31.3. The molecule has 6 nitrogen and oxygen atoms in total. The zero-order valence-electron chi connectivity index (χ0n) is 30.2. The predicted octanol–water partition coefficient (Wildman–Crippen LogP) is 13.6. The highest BCUT2D eigenvalue weighted by molar-refractivity contribution is 8.02. The summed E-state index contributed by atoms with van der Waals surface area (Å²) in [6.45, 7) is 5.89. The van der Waals surface area contributed by atoms with Crippen LogP contribution in [-0.2, 0) is 4.79 Å². The molecule has 0 bridgehead atoms. The van der Waals surface area contributed by atoms with Crippen LogP contribution in [0.1, 0.15) is 75.7 Å². The largest absolute Gasteiger partial charge is 0.494 e. The summed E-state index contributed by atoms with van der Waals surface area (Å²) in [7, 11) is 0. The van der Waals surface area contributed by atoms with E-state index < -0.39 is 5.97 Å². The molecule has 2 aromatic heterocycles. The number of carboxylic acid groups (broad SMARTS) is 1. The molecule has 0 spiro atoms. The lowest BCUT2D eigenvalue weighted by molar-refractivity contribution is -0.132. The summed E-state index contributed by atoms with van der Waals surface area (Å²) >= 11 is 4.92. The average Bonchev–Trinajstić information content (AvgIpc) is 3.75. The van der Waals surface area contributed by atoms with E-state index in [4.69, 9.17) is 9.47 Å². The Morgan fingerprint density at radius 1 is 0.755 bits per heavy atom. The first-order chi connectivity index (χ1) is 26.0. The zero-order valence-corrected chi connectivity index (χ0v) is 32.6. The lowest BCUT2D eigenvalue weighted by Crippen LogP contribution is -2.10. The van der Waals surface area contributed by atoms with Gasteiger partial charge in [0.1, 0.15) is 23.1 Å². The molecule has 53 heavy (non-hydrogen) atoms. The van der Waals surface area contributed by atoms with Gasteiger partial charge in [-0.3, -0.25) is 0 Å². The third kappa shape index (κ3) is 9.82. The van der Waals surface area contributed by atoms with Crippen LogP contribution >= 0.6 is 34.4 Å². The fourth-order valence-corrected chi connectivity index (χ4v) is 9.55. The second kappa shape index (κ2) is 18.8. The molecule has 5 aromatic rings. The van der Waals surface area contributed by atoms with Crippen LogP contribution in [-0.4, -0.2) is 24.3 Å². The van der Waals surface area contributed by atoms with E-state index in [1.54, 1.807) is 29.2 Å². The Balaban J connectivity index is 1.25. The molecule has 1 aliphatic heterocycles. The maximum atomic E-state index is 11.5. The third-order valence-corrected chi connectivity index (χ3v) is 12.3. The first-order valence-corrected chi connectivity index (χ1v) is 20.8. The fraction of sp³-hybridized carbons (Fsp3) is 0.273. The average molecular weight is 761 g/mol. The Morgan fingerprint density at radius 2 is 1.32 bits per heavy atom. The molecule has 0 aliphatic carbocycles. The number of benzene rings is 3. The standard InChI is InChI=1S/C44H44N2O4S3/c1-3-5-7-9-24-49-37-19-15-35(16-20-37)46(36-17-21-38(22-18-36)50-25-10-8-6-4-2)34-13-11-31(12-14-34)40-29-41-43(53-40)42-32(23-26-51-41)27-39(52-42)28-33(30-45)44(47)48/h11-23,26-29H,3-10,24-25H2,1-2H3,(H,47,48)/b33-28-. The molecule has 3 aromatic carbocycles. The van der Waals surface area contributed by atoms with Crippen LogP contribution in [0, 0.1) is 11.3 Å². The molecule has 6 rings (SSSR count). The molecule has 0 unspecified atom stereocenters. The number of carbonyl (C=O) groups is 1. The Kier molecular flexibility index (Phi) is 13.5. The number of ether oxygens (including phenoxy) is 2. The summed E-state index contributed by atoms with van der Waals surface area (Å²) in [4.78, 5) is 19.0. The molecule has 3 heterocycles. The molecule has 1 aliphatic rings. The highest BCUT2D eigenvalue weighted by atomic mass is 32.2. The van der Waals surface area contributed by atoms with E-state index in [0.717, 1.165) is 90.1 Å². The van der Waals surface area contributed by atoms with Gasteiger partial charge in [-0.15, -0.1) is 22.7 Å². The van der Waals surface area contributed by atoms with Crippen LogP contribution in [0.25, 0.3) is 32.3 Å². The van der Waals surface area contributed by atoms with Gasteiger partial charge in [-0.25, -0.2) is 4.79 Å². The number of hydrogen-bond donors (Lipinski definition) is 1. The summed E-state index contributed by atoms with van der Waals surface area (Å²) in [5.41, 5.74) is 4.97. The highest BCUT2D eigenvalue weighted by Crippen LogP contribution is 2.50. The first-order valence-electron chi connectivity index (χ1n) is 18.3. The van der Waals surface area contributed by atoms with Crippen LogP contribution in [0.3, 0.4) is 0 Å². The zero-order chi connectivity index (χ0) is 37.0.